The summed E-state index contributed by atoms with van der Waals surface area (Å²) < 4.78 is 28.5. The minimum absolute atomic E-state index is 0.0134. The molecule has 1 amide bonds. The van der Waals surface area contributed by atoms with Gasteiger partial charge in [0.1, 0.15) is 6.54 Å². The monoisotopic (exact) mass is 320 g/mol. The van der Waals surface area contributed by atoms with Gasteiger partial charge in [0.2, 0.25) is 10.0 Å². The van der Waals surface area contributed by atoms with Gasteiger partial charge < -0.3 is 4.57 Å². The number of benzene rings is 1. The number of amides is 1. The Labute approximate surface area is 130 Å². The first-order valence-electron chi connectivity index (χ1n) is 7.64. The van der Waals surface area contributed by atoms with Gasteiger partial charge in [-0.1, -0.05) is 37.5 Å². The first-order valence-corrected chi connectivity index (χ1v) is 9.19. The molecule has 22 heavy (non-hydrogen) atoms. The van der Waals surface area contributed by atoms with Crippen molar-refractivity contribution >= 4 is 26.8 Å². The molecule has 3 rings (SSSR count). The molecule has 5 nitrogen and oxygen atoms in total. The highest BCUT2D eigenvalue weighted by Gasteiger charge is 2.28. The molecule has 0 saturated heterocycles. The molecule has 1 aliphatic carbocycles. The highest BCUT2D eigenvalue weighted by atomic mass is 32.2. The largest absolute Gasteiger partial charge is 0.338 e. The second kappa shape index (κ2) is 6.12. The Bertz CT molecular complexity index is 774. The molecule has 0 aliphatic heterocycles. The van der Waals surface area contributed by atoms with E-state index in [0.29, 0.717) is 12.8 Å². The third-order valence-corrected chi connectivity index (χ3v) is 6.10. The zero-order valence-corrected chi connectivity index (χ0v) is 13.2. The minimum atomic E-state index is -3.55. The third-order valence-electron chi connectivity index (χ3n) is 4.24. The van der Waals surface area contributed by atoms with Crippen LogP contribution in [0.15, 0.2) is 36.5 Å². The molecule has 0 atom stereocenters. The maximum atomic E-state index is 12.2. The molecule has 1 aromatic carbocycles. The van der Waals surface area contributed by atoms with E-state index in [0.717, 1.165) is 30.2 Å². The summed E-state index contributed by atoms with van der Waals surface area (Å²) in [5.74, 6) is -0.480. The Morgan fingerprint density at radius 2 is 1.86 bits per heavy atom. The fourth-order valence-electron chi connectivity index (χ4n) is 3.08. The number of hydrogen-bond acceptors (Lipinski definition) is 3. The van der Waals surface area contributed by atoms with Gasteiger partial charge in [0.05, 0.1) is 5.25 Å². The minimum Gasteiger partial charge on any atom is -0.338 e. The molecule has 2 aromatic rings. The van der Waals surface area contributed by atoms with Crippen molar-refractivity contribution in [1.29, 1.82) is 0 Å². The Hall–Kier alpha value is -1.82. The van der Waals surface area contributed by atoms with E-state index in [-0.39, 0.29) is 6.54 Å². The van der Waals surface area contributed by atoms with Crippen molar-refractivity contribution in [1.82, 2.24) is 9.29 Å². The van der Waals surface area contributed by atoms with E-state index < -0.39 is 21.2 Å². The molecule has 6 heteroatoms. The van der Waals surface area contributed by atoms with Gasteiger partial charge in [0.25, 0.3) is 5.91 Å². The lowest BCUT2D eigenvalue weighted by Gasteiger charge is -2.21. The number of nitrogens with zero attached hydrogens (tertiary/aromatic N) is 1. The van der Waals surface area contributed by atoms with Crippen LogP contribution in [-0.2, 0) is 21.4 Å². The highest BCUT2D eigenvalue weighted by Crippen LogP contribution is 2.23. The maximum absolute atomic E-state index is 12.2. The van der Waals surface area contributed by atoms with E-state index in [4.69, 9.17) is 0 Å². The lowest BCUT2D eigenvalue weighted by molar-refractivity contribution is -0.119. The molecule has 1 fully saturated rings. The number of rotatable bonds is 4. The summed E-state index contributed by atoms with van der Waals surface area (Å²) in [4.78, 5) is 12.1. The zero-order chi connectivity index (χ0) is 15.6. The number of carbonyl (C=O) groups is 1. The molecule has 1 N–H and O–H groups in total. The van der Waals surface area contributed by atoms with Crippen LogP contribution in [0.1, 0.15) is 32.1 Å². The molecule has 0 spiro atoms. The smallest absolute Gasteiger partial charge is 0.253 e. The van der Waals surface area contributed by atoms with Crippen LogP contribution in [0.3, 0.4) is 0 Å². The first kappa shape index (κ1) is 15.1. The number of sulfonamides is 1. The zero-order valence-electron chi connectivity index (χ0n) is 12.4. The van der Waals surface area contributed by atoms with Crippen LogP contribution in [0, 0.1) is 0 Å². The topological polar surface area (TPSA) is 68.2 Å². The van der Waals surface area contributed by atoms with E-state index in [1.807, 2.05) is 30.3 Å². The van der Waals surface area contributed by atoms with Crippen molar-refractivity contribution in [2.45, 2.75) is 43.9 Å². The summed E-state index contributed by atoms with van der Waals surface area (Å²) in [5.41, 5.74) is 0.924. The van der Waals surface area contributed by atoms with Crippen molar-refractivity contribution in [3.8, 4) is 0 Å². The van der Waals surface area contributed by atoms with Gasteiger partial charge in [-0.15, -0.1) is 0 Å². The van der Waals surface area contributed by atoms with E-state index in [1.54, 1.807) is 10.8 Å². The SMILES string of the molecule is O=C(Cn1ccc2ccccc21)NS(=O)(=O)C1CCCCC1. The predicted molar refractivity (Wildman–Crippen MR) is 85.9 cm³/mol. The summed E-state index contributed by atoms with van der Waals surface area (Å²) in [5, 5.41) is 0.608. The van der Waals surface area contributed by atoms with Crippen molar-refractivity contribution in [3.05, 3.63) is 36.5 Å². The van der Waals surface area contributed by atoms with Crippen LogP contribution < -0.4 is 4.72 Å². The number of aromatic nitrogens is 1. The lowest BCUT2D eigenvalue weighted by Crippen LogP contribution is -2.40. The molecule has 118 valence electrons. The number of para-hydroxylation sites is 1. The summed E-state index contributed by atoms with van der Waals surface area (Å²) >= 11 is 0. The summed E-state index contributed by atoms with van der Waals surface area (Å²) in [7, 11) is -3.55. The summed E-state index contributed by atoms with van der Waals surface area (Å²) in [6, 6.07) is 9.62. The van der Waals surface area contributed by atoms with Crippen LogP contribution in [0.2, 0.25) is 0 Å². The standard InChI is InChI=1S/C16H20N2O3S/c19-16(17-22(20,21)14-7-2-1-3-8-14)12-18-11-10-13-6-4-5-9-15(13)18/h4-6,9-11,14H,1-3,7-8,12H2,(H,17,19). The molecular weight excluding hydrogens is 300 g/mol. The number of nitrogens with one attached hydrogen (secondary N) is 1. The van der Waals surface area contributed by atoms with E-state index in [1.165, 1.54) is 0 Å². The van der Waals surface area contributed by atoms with Crippen molar-refractivity contribution in [3.63, 3.8) is 0 Å². The van der Waals surface area contributed by atoms with Crippen LogP contribution in [0.5, 0.6) is 0 Å². The van der Waals surface area contributed by atoms with Crippen molar-refractivity contribution in [2.24, 2.45) is 0 Å². The summed E-state index contributed by atoms with van der Waals surface area (Å²) in [6.07, 6.45) is 6.01. The summed E-state index contributed by atoms with van der Waals surface area (Å²) in [6.45, 7) is 0.0134. The molecule has 0 bridgehead atoms. The molecule has 1 aromatic heterocycles. The first-order chi connectivity index (χ1) is 10.6. The Balaban J connectivity index is 1.69. The fourth-order valence-corrected chi connectivity index (χ4v) is 4.59. The lowest BCUT2D eigenvalue weighted by atomic mass is 10.0. The Kier molecular flexibility index (Phi) is 4.20. The van der Waals surface area contributed by atoms with Crippen LogP contribution in [-0.4, -0.2) is 24.1 Å². The van der Waals surface area contributed by atoms with Gasteiger partial charge in [-0.25, -0.2) is 8.42 Å². The van der Waals surface area contributed by atoms with Crippen LogP contribution in [0.4, 0.5) is 0 Å². The normalized spacial score (nSPS) is 16.7. The average Bonchev–Trinajstić information content (AvgIpc) is 2.91. The van der Waals surface area contributed by atoms with Crippen LogP contribution in [0.25, 0.3) is 10.9 Å². The predicted octanol–water partition coefficient (Wildman–Crippen LogP) is 2.42. The molecular formula is C16H20N2O3S. The number of fused-ring (bicyclic) bond motifs is 1. The van der Waals surface area contributed by atoms with Crippen molar-refractivity contribution in [2.75, 3.05) is 0 Å². The van der Waals surface area contributed by atoms with Gasteiger partial charge >= 0.3 is 0 Å². The van der Waals surface area contributed by atoms with Crippen LogP contribution >= 0.6 is 0 Å². The van der Waals surface area contributed by atoms with E-state index in [2.05, 4.69) is 4.72 Å². The fraction of sp³-hybridized carbons (Fsp3) is 0.438. The molecule has 0 unspecified atom stereocenters. The van der Waals surface area contributed by atoms with Gasteiger partial charge in [-0.2, -0.15) is 0 Å². The van der Waals surface area contributed by atoms with Gasteiger partial charge in [0.15, 0.2) is 0 Å². The second-order valence-electron chi connectivity index (χ2n) is 5.83. The second-order valence-corrected chi connectivity index (χ2v) is 7.79. The molecule has 1 heterocycles. The maximum Gasteiger partial charge on any atom is 0.253 e. The van der Waals surface area contributed by atoms with E-state index in [9.17, 15) is 13.2 Å². The van der Waals surface area contributed by atoms with Crippen molar-refractivity contribution < 1.29 is 13.2 Å². The third kappa shape index (κ3) is 3.16. The molecule has 1 saturated carbocycles. The average molecular weight is 320 g/mol. The quantitative estimate of drug-likeness (QED) is 0.940. The van der Waals surface area contributed by atoms with Gasteiger partial charge in [-0.05, 0) is 30.4 Å². The Morgan fingerprint density at radius 3 is 2.64 bits per heavy atom. The number of carbonyl (C=O) groups excluding carboxylic acids is 1. The molecule has 0 radical (unpaired) electrons. The Morgan fingerprint density at radius 1 is 1.14 bits per heavy atom. The van der Waals surface area contributed by atoms with E-state index >= 15 is 0 Å². The number of hydrogen-bond donors (Lipinski definition) is 1. The highest BCUT2D eigenvalue weighted by molar-refractivity contribution is 7.90. The van der Waals surface area contributed by atoms with Gasteiger partial charge in [0, 0.05) is 11.7 Å². The van der Waals surface area contributed by atoms with Gasteiger partial charge in [-0.3, -0.25) is 9.52 Å². The molecule has 1 aliphatic rings.